The SMILES string of the molecule is CCCCCCCCCCCCCCCC(=O)OC(=O)C(F)(F)F.[Ni]. The monoisotopic (exact) mass is 410 g/mol. The summed E-state index contributed by atoms with van der Waals surface area (Å²) < 4.78 is 39.3. The summed E-state index contributed by atoms with van der Waals surface area (Å²) >= 11 is 0. The molecule has 0 bridgehead atoms. The van der Waals surface area contributed by atoms with Gasteiger partial charge in [-0.3, -0.25) is 4.79 Å². The molecule has 0 aromatic heterocycles. The predicted octanol–water partition coefficient (Wildman–Crippen LogP) is 6.10. The van der Waals surface area contributed by atoms with E-state index in [4.69, 9.17) is 0 Å². The Bertz CT molecular complexity index is 347. The van der Waals surface area contributed by atoms with Gasteiger partial charge in [-0.05, 0) is 6.42 Å². The van der Waals surface area contributed by atoms with Gasteiger partial charge >= 0.3 is 18.1 Å². The van der Waals surface area contributed by atoms with Crippen LogP contribution in [0.15, 0.2) is 0 Å². The first-order valence-corrected chi connectivity index (χ1v) is 9.19. The summed E-state index contributed by atoms with van der Waals surface area (Å²) in [6, 6.07) is 0. The third-order valence-electron chi connectivity index (χ3n) is 3.92. The van der Waals surface area contributed by atoms with Gasteiger partial charge in [0.05, 0.1) is 0 Å². The second kappa shape index (κ2) is 16.9. The van der Waals surface area contributed by atoms with Crippen molar-refractivity contribution in [3.63, 3.8) is 0 Å². The molecule has 0 fully saturated rings. The van der Waals surface area contributed by atoms with Crippen molar-refractivity contribution in [1.29, 1.82) is 0 Å². The second-order valence-corrected chi connectivity index (χ2v) is 6.25. The van der Waals surface area contributed by atoms with Crippen LogP contribution in [-0.4, -0.2) is 18.1 Å². The van der Waals surface area contributed by atoms with Crippen molar-refractivity contribution in [2.45, 2.75) is 103 Å². The van der Waals surface area contributed by atoms with Gasteiger partial charge in [0.15, 0.2) is 0 Å². The maximum absolute atomic E-state index is 11.9. The number of alkyl halides is 3. The van der Waals surface area contributed by atoms with Crippen LogP contribution in [-0.2, 0) is 30.8 Å². The Morgan fingerprint density at radius 2 is 1.08 bits per heavy atom. The molecule has 0 saturated carbocycles. The molecule has 0 N–H and O–H groups in total. The largest absolute Gasteiger partial charge is 0.491 e. The molecule has 0 amide bonds. The van der Waals surface area contributed by atoms with Crippen molar-refractivity contribution in [2.24, 2.45) is 0 Å². The number of rotatable bonds is 14. The van der Waals surface area contributed by atoms with Crippen LogP contribution in [0.3, 0.4) is 0 Å². The Morgan fingerprint density at radius 1 is 0.720 bits per heavy atom. The van der Waals surface area contributed by atoms with E-state index in [-0.39, 0.29) is 22.9 Å². The summed E-state index contributed by atoms with van der Waals surface area (Å²) in [6.45, 7) is 2.21. The van der Waals surface area contributed by atoms with E-state index < -0.39 is 18.1 Å². The van der Waals surface area contributed by atoms with Gasteiger partial charge in [-0.15, -0.1) is 0 Å². The third kappa shape index (κ3) is 18.0. The number of carbonyl (C=O) groups excluding carboxylic acids is 2. The summed E-state index contributed by atoms with van der Waals surface area (Å²) in [5.74, 6) is -3.53. The zero-order valence-electron chi connectivity index (χ0n) is 15.1. The fraction of sp³-hybridized carbons (Fsp3) is 0.889. The average molecular weight is 411 g/mol. The smallest absolute Gasteiger partial charge is 0.386 e. The summed E-state index contributed by atoms with van der Waals surface area (Å²) in [5, 5.41) is 0. The van der Waals surface area contributed by atoms with Crippen molar-refractivity contribution >= 4 is 11.9 Å². The van der Waals surface area contributed by atoms with Gasteiger partial charge in [0.1, 0.15) is 0 Å². The molecular weight excluding hydrogens is 380 g/mol. The number of carbonyl (C=O) groups is 2. The Kier molecular flexibility index (Phi) is 18.0. The van der Waals surface area contributed by atoms with Gasteiger partial charge in [0.2, 0.25) is 0 Å². The van der Waals surface area contributed by atoms with Crippen molar-refractivity contribution in [3.8, 4) is 0 Å². The fourth-order valence-electron chi connectivity index (χ4n) is 2.50. The van der Waals surface area contributed by atoms with Crippen LogP contribution >= 0.6 is 0 Å². The minimum Gasteiger partial charge on any atom is -0.386 e. The molecule has 0 spiro atoms. The molecule has 0 aliphatic rings. The normalized spacial score (nSPS) is 11.0. The number of unbranched alkanes of at least 4 members (excludes halogenated alkanes) is 12. The average Bonchev–Trinajstić information content (AvgIpc) is 2.51. The second-order valence-electron chi connectivity index (χ2n) is 6.25. The van der Waals surface area contributed by atoms with Gasteiger partial charge in [-0.1, -0.05) is 84.0 Å². The van der Waals surface area contributed by atoms with Gasteiger partial charge in [0, 0.05) is 22.9 Å². The van der Waals surface area contributed by atoms with E-state index in [9.17, 15) is 22.8 Å². The number of halogens is 3. The molecule has 3 nitrogen and oxygen atoms in total. The van der Waals surface area contributed by atoms with E-state index in [0.29, 0.717) is 6.42 Å². The molecule has 0 aromatic rings. The first kappa shape index (κ1) is 26.7. The van der Waals surface area contributed by atoms with Crippen molar-refractivity contribution in [1.82, 2.24) is 0 Å². The Balaban J connectivity index is 0. The molecule has 0 atom stereocenters. The number of ether oxygens (including phenoxy) is 1. The first-order valence-electron chi connectivity index (χ1n) is 9.19. The van der Waals surface area contributed by atoms with Crippen LogP contribution in [0.4, 0.5) is 13.2 Å². The molecule has 25 heavy (non-hydrogen) atoms. The molecule has 0 radical (unpaired) electrons. The van der Waals surface area contributed by atoms with Crippen LogP contribution in [0.25, 0.3) is 0 Å². The van der Waals surface area contributed by atoms with Crippen LogP contribution in [0, 0.1) is 0 Å². The van der Waals surface area contributed by atoms with Crippen LogP contribution in [0.2, 0.25) is 0 Å². The number of hydrogen-bond donors (Lipinski definition) is 0. The molecule has 0 aromatic carbocycles. The molecule has 0 aliphatic carbocycles. The van der Waals surface area contributed by atoms with Crippen LogP contribution < -0.4 is 0 Å². The zero-order valence-corrected chi connectivity index (χ0v) is 16.1. The standard InChI is InChI=1S/C18H31F3O3.Ni/c1-2-3-4-5-6-7-8-9-10-11-12-13-14-15-16(22)24-17(23)18(19,20)21;/h2-15H2,1H3;. The summed E-state index contributed by atoms with van der Waals surface area (Å²) in [6.07, 6.45) is 9.55. The molecular formula is C18H31F3NiO3. The molecule has 0 aliphatic heterocycles. The van der Waals surface area contributed by atoms with Gasteiger partial charge < -0.3 is 4.74 Å². The van der Waals surface area contributed by atoms with E-state index in [1.165, 1.54) is 51.4 Å². The number of hydrogen-bond acceptors (Lipinski definition) is 3. The topological polar surface area (TPSA) is 43.4 Å². The zero-order chi connectivity index (χ0) is 18.3. The molecule has 0 heterocycles. The number of esters is 2. The van der Waals surface area contributed by atoms with Crippen molar-refractivity contribution in [2.75, 3.05) is 0 Å². The van der Waals surface area contributed by atoms with E-state index in [1.54, 1.807) is 0 Å². The minimum absolute atomic E-state index is 0. The predicted molar refractivity (Wildman–Crippen MR) is 87.5 cm³/mol. The summed E-state index contributed by atoms with van der Waals surface area (Å²) in [7, 11) is 0. The van der Waals surface area contributed by atoms with E-state index in [2.05, 4.69) is 11.7 Å². The fourth-order valence-corrected chi connectivity index (χ4v) is 2.50. The quantitative estimate of drug-likeness (QED) is 0.150. The van der Waals surface area contributed by atoms with Gasteiger partial charge in [-0.2, -0.15) is 13.2 Å². The Morgan fingerprint density at radius 3 is 1.44 bits per heavy atom. The van der Waals surface area contributed by atoms with E-state index >= 15 is 0 Å². The van der Waals surface area contributed by atoms with Crippen LogP contribution in [0.5, 0.6) is 0 Å². The molecule has 0 unspecified atom stereocenters. The van der Waals surface area contributed by atoms with Crippen LogP contribution in [0.1, 0.15) is 96.8 Å². The molecule has 152 valence electrons. The molecule has 0 saturated heterocycles. The Hall–Kier alpha value is -0.576. The van der Waals surface area contributed by atoms with Gasteiger partial charge in [0.25, 0.3) is 0 Å². The van der Waals surface area contributed by atoms with Gasteiger partial charge in [-0.25, -0.2) is 4.79 Å². The minimum atomic E-state index is -5.11. The third-order valence-corrected chi connectivity index (χ3v) is 3.92. The first-order chi connectivity index (χ1) is 11.4. The van der Waals surface area contributed by atoms with E-state index in [1.807, 2.05) is 0 Å². The molecule has 0 rings (SSSR count). The maximum Gasteiger partial charge on any atom is 0.491 e. The molecule has 7 heteroatoms. The summed E-state index contributed by atoms with van der Waals surface area (Å²) in [4.78, 5) is 21.5. The van der Waals surface area contributed by atoms with Crippen molar-refractivity contribution < 1.29 is 44.0 Å². The summed E-state index contributed by atoms with van der Waals surface area (Å²) in [5.41, 5.74) is 0. The van der Waals surface area contributed by atoms with E-state index in [0.717, 1.165) is 25.7 Å². The maximum atomic E-state index is 11.9. The Labute approximate surface area is 159 Å². The van der Waals surface area contributed by atoms with Crippen molar-refractivity contribution in [3.05, 3.63) is 0 Å².